The second-order valence-electron chi connectivity index (χ2n) is 6.95. The second-order valence-corrected chi connectivity index (χ2v) is 9.88. The molecule has 0 radical (unpaired) electrons. The minimum atomic E-state index is -3.81. The van der Waals surface area contributed by atoms with Gasteiger partial charge in [-0.2, -0.15) is 4.31 Å². The standard InChI is InChI=1S/C18H18N4O6S2/c1-12-4-2-8-21(11-12)30(25,26)13-6-7-16(14(10-13)22(23)24)29-18-20-19-17(28-18)15-5-3-9-27-15/h3,5-7,9-10,12H,2,4,8,11H2,1H3. The van der Waals surface area contributed by atoms with Gasteiger partial charge in [-0.15, -0.1) is 10.2 Å². The molecule has 0 aliphatic carbocycles. The summed E-state index contributed by atoms with van der Waals surface area (Å²) in [7, 11) is -3.81. The number of nitrogens with zero attached hydrogens (tertiary/aromatic N) is 4. The molecule has 1 aliphatic heterocycles. The lowest BCUT2D eigenvalue weighted by Gasteiger charge is -2.30. The highest BCUT2D eigenvalue weighted by Gasteiger charge is 2.31. The van der Waals surface area contributed by atoms with Crippen molar-refractivity contribution in [2.24, 2.45) is 5.92 Å². The summed E-state index contributed by atoms with van der Waals surface area (Å²) in [5, 5.41) is 19.4. The van der Waals surface area contributed by atoms with Gasteiger partial charge in [-0.3, -0.25) is 10.1 Å². The predicted molar refractivity (Wildman–Crippen MR) is 106 cm³/mol. The third kappa shape index (κ3) is 4.11. The monoisotopic (exact) mass is 450 g/mol. The first-order valence-corrected chi connectivity index (χ1v) is 11.4. The van der Waals surface area contributed by atoms with E-state index < -0.39 is 14.9 Å². The third-order valence-electron chi connectivity index (χ3n) is 4.72. The number of rotatable bonds is 6. The maximum absolute atomic E-state index is 13.0. The molecule has 1 unspecified atom stereocenters. The number of sulfonamides is 1. The fourth-order valence-corrected chi connectivity index (χ4v) is 5.63. The Hall–Kier alpha value is -2.70. The van der Waals surface area contributed by atoms with Crippen LogP contribution in [-0.2, 0) is 10.0 Å². The lowest BCUT2D eigenvalue weighted by atomic mass is 10.0. The van der Waals surface area contributed by atoms with Crippen LogP contribution in [0.5, 0.6) is 0 Å². The van der Waals surface area contributed by atoms with Crippen molar-refractivity contribution in [3.8, 4) is 11.7 Å². The van der Waals surface area contributed by atoms with E-state index in [1.165, 1.54) is 22.7 Å². The van der Waals surface area contributed by atoms with Crippen LogP contribution in [0.25, 0.3) is 11.7 Å². The summed E-state index contributed by atoms with van der Waals surface area (Å²) in [5.41, 5.74) is -0.344. The van der Waals surface area contributed by atoms with E-state index in [1.807, 2.05) is 6.92 Å². The number of nitro benzene ring substituents is 1. The van der Waals surface area contributed by atoms with E-state index >= 15 is 0 Å². The van der Waals surface area contributed by atoms with Crippen molar-refractivity contribution in [2.45, 2.75) is 34.8 Å². The van der Waals surface area contributed by atoms with Gasteiger partial charge in [0.15, 0.2) is 5.76 Å². The SMILES string of the molecule is CC1CCCN(S(=O)(=O)c2ccc(Sc3nnc(-c4ccco4)o3)c([N+](=O)[O-])c2)C1. The highest BCUT2D eigenvalue weighted by atomic mass is 32.2. The van der Waals surface area contributed by atoms with E-state index in [0.29, 0.717) is 18.8 Å². The first-order valence-electron chi connectivity index (χ1n) is 9.18. The summed E-state index contributed by atoms with van der Waals surface area (Å²) in [6.45, 7) is 2.81. The minimum Gasteiger partial charge on any atom is -0.459 e. The molecule has 0 spiro atoms. The van der Waals surface area contributed by atoms with Crippen LogP contribution in [0.2, 0.25) is 0 Å². The maximum Gasteiger partial charge on any atom is 0.284 e. The van der Waals surface area contributed by atoms with Gasteiger partial charge < -0.3 is 8.83 Å². The lowest BCUT2D eigenvalue weighted by Crippen LogP contribution is -2.39. The van der Waals surface area contributed by atoms with Crippen LogP contribution in [0.4, 0.5) is 5.69 Å². The number of piperidine rings is 1. The Kier molecular flexibility index (Phi) is 5.62. The zero-order valence-corrected chi connectivity index (χ0v) is 17.6. The summed E-state index contributed by atoms with van der Waals surface area (Å²) in [4.78, 5) is 11.1. The Balaban J connectivity index is 1.62. The molecule has 3 aromatic rings. The molecule has 0 N–H and O–H groups in total. The maximum atomic E-state index is 13.0. The molecule has 1 aromatic carbocycles. The van der Waals surface area contributed by atoms with Crippen LogP contribution in [-0.4, -0.2) is 40.9 Å². The van der Waals surface area contributed by atoms with Crippen LogP contribution in [0, 0.1) is 16.0 Å². The van der Waals surface area contributed by atoms with E-state index in [4.69, 9.17) is 8.83 Å². The van der Waals surface area contributed by atoms with Crippen molar-refractivity contribution in [3.05, 3.63) is 46.7 Å². The second kappa shape index (κ2) is 8.20. The van der Waals surface area contributed by atoms with E-state index in [2.05, 4.69) is 10.2 Å². The molecule has 30 heavy (non-hydrogen) atoms. The number of benzene rings is 1. The van der Waals surface area contributed by atoms with Gasteiger partial charge in [-0.05, 0) is 54.8 Å². The summed E-state index contributed by atoms with van der Waals surface area (Å²) >= 11 is 0.884. The Labute approximate surface area is 176 Å². The molecule has 0 bridgehead atoms. The van der Waals surface area contributed by atoms with E-state index in [0.717, 1.165) is 30.7 Å². The van der Waals surface area contributed by atoms with Gasteiger partial charge >= 0.3 is 0 Å². The molecule has 10 nitrogen and oxygen atoms in total. The topological polar surface area (TPSA) is 133 Å². The molecule has 158 valence electrons. The Bertz CT molecular complexity index is 1160. The molecule has 3 heterocycles. The molecule has 0 saturated carbocycles. The van der Waals surface area contributed by atoms with Gasteiger partial charge in [0.05, 0.1) is 21.0 Å². The number of hydrogen-bond acceptors (Lipinski definition) is 9. The number of aromatic nitrogens is 2. The molecule has 4 rings (SSSR count). The molecular formula is C18H18N4O6S2. The van der Waals surface area contributed by atoms with Gasteiger partial charge in [-0.1, -0.05) is 6.92 Å². The number of furan rings is 1. The third-order valence-corrected chi connectivity index (χ3v) is 7.49. The summed E-state index contributed by atoms with van der Waals surface area (Å²) in [6.07, 6.45) is 3.19. The predicted octanol–water partition coefficient (Wildman–Crippen LogP) is 3.81. The summed E-state index contributed by atoms with van der Waals surface area (Å²) in [5.74, 6) is 0.767. The van der Waals surface area contributed by atoms with Crippen LogP contribution in [0.1, 0.15) is 19.8 Å². The Morgan fingerprint density at radius 2 is 2.13 bits per heavy atom. The molecule has 12 heteroatoms. The quantitative estimate of drug-likeness (QED) is 0.406. The fraction of sp³-hybridized carbons (Fsp3) is 0.333. The average molecular weight is 450 g/mol. The zero-order valence-electron chi connectivity index (χ0n) is 15.9. The van der Waals surface area contributed by atoms with Crippen molar-refractivity contribution in [1.82, 2.24) is 14.5 Å². The van der Waals surface area contributed by atoms with E-state index in [-0.39, 0.29) is 32.5 Å². The summed E-state index contributed by atoms with van der Waals surface area (Å²) < 4.78 is 38.0. The highest BCUT2D eigenvalue weighted by Crippen LogP contribution is 2.37. The molecule has 1 aliphatic rings. The molecule has 2 aromatic heterocycles. The van der Waals surface area contributed by atoms with Crippen molar-refractivity contribution >= 4 is 27.5 Å². The van der Waals surface area contributed by atoms with Crippen LogP contribution < -0.4 is 0 Å². The molecule has 0 amide bonds. The van der Waals surface area contributed by atoms with Crippen molar-refractivity contribution in [2.75, 3.05) is 13.1 Å². The molecule has 1 saturated heterocycles. The van der Waals surface area contributed by atoms with Gasteiger partial charge in [0.2, 0.25) is 10.0 Å². The normalized spacial score (nSPS) is 17.8. The molecular weight excluding hydrogens is 432 g/mol. The summed E-state index contributed by atoms with van der Waals surface area (Å²) in [6, 6.07) is 7.15. The molecule has 1 fully saturated rings. The van der Waals surface area contributed by atoms with E-state index in [9.17, 15) is 18.5 Å². The van der Waals surface area contributed by atoms with Gasteiger partial charge in [0.1, 0.15) is 0 Å². The van der Waals surface area contributed by atoms with Gasteiger partial charge in [0.25, 0.3) is 16.8 Å². The van der Waals surface area contributed by atoms with Gasteiger partial charge in [-0.25, -0.2) is 8.42 Å². The van der Waals surface area contributed by atoms with Crippen molar-refractivity contribution in [1.29, 1.82) is 0 Å². The largest absolute Gasteiger partial charge is 0.459 e. The van der Waals surface area contributed by atoms with Crippen molar-refractivity contribution in [3.63, 3.8) is 0 Å². The van der Waals surface area contributed by atoms with Crippen LogP contribution in [0.3, 0.4) is 0 Å². The lowest BCUT2D eigenvalue weighted by molar-refractivity contribution is -0.388. The number of nitro groups is 1. The Morgan fingerprint density at radius 1 is 1.30 bits per heavy atom. The highest BCUT2D eigenvalue weighted by molar-refractivity contribution is 7.99. The van der Waals surface area contributed by atoms with Crippen LogP contribution in [0.15, 0.2) is 60.4 Å². The van der Waals surface area contributed by atoms with Crippen molar-refractivity contribution < 1.29 is 22.2 Å². The minimum absolute atomic E-state index is 0.0740. The molecule has 1 atom stereocenters. The number of hydrogen-bond donors (Lipinski definition) is 0. The average Bonchev–Trinajstić information content (AvgIpc) is 3.40. The van der Waals surface area contributed by atoms with E-state index in [1.54, 1.807) is 12.1 Å². The van der Waals surface area contributed by atoms with Gasteiger partial charge in [0, 0.05) is 19.2 Å². The Morgan fingerprint density at radius 3 is 2.83 bits per heavy atom. The first-order chi connectivity index (χ1) is 14.3. The first kappa shape index (κ1) is 20.6. The smallest absolute Gasteiger partial charge is 0.284 e. The van der Waals surface area contributed by atoms with Crippen LogP contribution >= 0.6 is 11.8 Å². The zero-order chi connectivity index (χ0) is 21.3. The fourth-order valence-electron chi connectivity index (χ4n) is 3.25.